The van der Waals surface area contributed by atoms with E-state index in [1.54, 1.807) is 23.1 Å². The molecule has 0 aliphatic rings. The topological polar surface area (TPSA) is 80.0 Å². The first-order valence-corrected chi connectivity index (χ1v) is 6.57. The molecule has 0 bridgehead atoms. The molecule has 6 heteroatoms. The summed E-state index contributed by atoms with van der Waals surface area (Å²) >= 11 is 0. The summed E-state index contributed by atoms with van der Waals surface area (Å²) in [6.07, 6.45) is 4.47. The highest BCUT2D eigenvalue weighted by Crippen LogP contribution is 2.09. The molecule has 0 radical (unpaired) electrons. The molecule has 1 atom stereocenters. The monoisotopic (exact) mass is 274 g/mol. The molecule has 0 spiro atoms. The Morgan fingerprint density at radius 3 is 3.05 bits per heavy atom. The van der Waals surface area contributed by atoms with Crippen LogP contribution in [0.15, 0.2) is 36.9 Å². The fraction of sp³-hybridized carbons (Fsp3) is 0.357. The van der Waals surface area contributed by atoms with E-state index in [1.165, 1.54) is 6.33 Å². The number of nitrogens with zero attached hydrogens (tertiary/aromatic N) is 3. The highest BCUT2D eigenvalue weighted by atomic mass is 16.3. The Hall–Kier alpha value is -2.21. The van der Waals surface area contributed by atoms with Crippen LogP contribution >= 0.6 is 0 Å². The molecule has 6 nitrogen and oxygen atoms in total. The first-order valence-electron chi connectivity index (χ1n) is 6.57. The number of carbonyl (C=O) groups excluding carboxylic acids is 1. The highest BCUT2D eigenvalue weighted by Gasteiger charge is 2.10. The number of benzene rings is 1. The van der Waals surface area contributed by atoms with Crippen molar-refractivity contribution < 1.29 is 9.90 Å². The fourth-order valence-corrected chi connectivity index (χ4v) is 1.91. The highest BCUT2D eigenvalue weighted by molar-refractivity contribution is 5.94. The zero-order valence-electron chi connectivity index (χ0n) is 11.4. The number of aromatic nitrogens is 3. The molecule has 20 heavy (non-hydrogen) atoms. The average Bonchev–Trinajstić information content (AvgIpc) is 2.99. The van der Waals surface area contributed by atoms with Gasteiger partial charge in [-0.15, -0.1) is 0 Å². The van der Waals surface area contributed by atoms with E-state index in [1.807, 2.05) is 19.1 Å². The van der Waals surface area contributed by atoms with Gasteiger partial charge in [-0.3, -0.25) is 4.79 Å². The van der Waals surface area contributed by atoms with Crippen LogP contribution in [0.5, 0.6) is 0 Å². The van der Waals surface area contributed by atoms with E-state index in [2.05, 4.69) is 15.4 Å². The molecule has 1 heterocycles. The van der Waals surface area contributed by atoms with Crippen molar-refractivity contribution in [2.75, 3.05) is 6.61 Å². The van der Waals surface area contributed by atoms with Crippen molar-refractivity contribution >= 4 is 5.91 Å². The Morgan fingerprint density at radius 2 is 2.35 bits per heavy atom. The summed E-state index contributed by atoms with van der Waals surface area (Å²) in [6.45, 7) is 2.07. The first kappa shape index (κ1) is 14.2. The number of carbonyl (C=O) groups is 1. The normalized spacial score (nSPS) is 12.1. The number of hydrogen-bond acceptors (Lipinski definition) is 4. The lowest BCUT2D eigenvalue weighted by atomic mass is 10.1. The van der Waals surface area contributed by atoms with E-state index in [9.17, 15) is 4.79 Å². The van der Waals surface area contributed by atoms with Crippen LogP contribution in [0, 0.1) is 0 Å². The van der Waals surface area contributed by atoms with Crippen molar-refractivity contribution in [3.05, 3.63) is 42.5 Å². The summed E-state index contributed by atoms with van der Waals surface area (Å²) in [5, 5.41) is 15.7. The van der Waals surface area contributed by atoms with Crippen LogP contribution < -0.4 is 5.32 Å². The van der Waals surface area contributed by atoms with Crippen LogP contribution in [-0.2, 0) is 0 Å². The second kappa shape index (κ2) is 6.81. The molecule has 1 aromatic carbocycles. The summed E-state index contributed by atoms with van der Waals surface area (Å²) < 4.78 is 1.60. The van der Waals surface area contributed by atoms with Crippen molar-refractivity contribution in [3.8, 4) is 5.69 Å². The Bertz CT molecular complexity index is 554. The van der Waals surface area contributed by atoms with E-state index in [0.717, 1.165) is 12.1 Å². The van der Waals surface area contributed by atoms with Gasteiger partial charge in [0, 0.05) is 18.2 Å². The summed E-state index contributed by atoms with van der Waals surface area (Å²) in [6, 6.07) is 7.23. The molecular weight excluding hydrogens is 256 g/mol. The van der Waals surface area contributed by atoms with Gasteiger partial charge in [-0.05, 0) is 38.0 Å². The number of rotatable bonds is 6. The third-order valence-corrected chi connectivity index (χ3v) is 2.96. The van der Waals surface area contributed by atoms with Gasteiger partial charge >= 0.3 is 0 Å². The predicted octanol–water partition coefficient (Wildman–Crippen LogP) is 1.16. The second-order valence-corrected chi connectivity index (χ2v) is 4.63. The average molecular weight is 274 g/mol. The predicted molar refractivity (Wildman–Crippen MR) is 74.6 cm³/mol. The third-order valence-electron chi connectivity index (χ3n) is 2.96. The van der Waals surface area contributed by atoms with Crippen LogP contribution in [-0.4, -0.2) is 38.4 Å². The Kier molecular flexibility index (Phi) is 4.84. The minimum atomic E-state index is -0.127. The van der Waals surface area contributed by atoms with Crippen molar-refractivity contribution in [2.24, 2.45) is 0 Å². The zero-order chi connectivity index (χ0) is 14.4. The molecule has 2 aromatic rings. The lowest BCUT2D eigenvalue weighted by molar-refractivity contribution is 0.0936. The number of nitrogens with one attached hydrogen (secondary N) is 1. The zero-order valence-corrected chi connectivity index (χ0v) is 11.4. The SMILES string of the molecule is CC(CCCO)NC(=O)c1cccc(-n2cncn2)c1. The van der Waals surface area contributed by atoms with E-state index in [4.69, 9.17) is 5.11 Å². The second-order valence-electron chi connectivity index (χ2n) is 4.63. The standard InChI is InChI=1S/C14H18N4O2/c1-11(4-3-7-19)17-14(20)12-5-2-6-13(8-12)18-10-15-9-16-18/h2,5-6,8-11,19H,3-4,7H2,1H3,(H,17,20). The molecule has 0 saturated heterocycles. The minimum absolute atomic E-state index is 0.0321. The molecule has 1 unspecified atom stereocenters. The first-order chi connectivity index (χ1) is 9.70. The smallest absolute Gasteiger partial charge is 0.251 e. The van der Waals surface area contributed by atoms with Crippen molar-refractivity contribution in [1.82, 2.24) is 20.1 Å². The van der Waals surface area contributed by atoms with Crippen molar-refractivity contribution in [3.63, 3.8) is 0 Å². The molecule has 1 amide bonds. The van der Waals surface area contributed by atoms with Crippen LogP contribution in [0.1, 0.15) is 30.1 Å². The number of hydrogen-bond donors (Lipinski definition) is 2. The Balaban J connectivity index is 2.05. The maximum absolute atomic E-state index is 12.1. The Labute approximate surface area is 117 Å². The Morgan fingerprint density at radius 1 is 1.50 bits per heavy atom. The molecule has 0 saturated carbocycles. The van der Waals surface area contributed by atoms with Gasteiger partial charge in [0.2, 0.25) is 0 Å². The van der Waals surface area contributed by atoms with Gasteiger partial charge in [0.15, 0.2) is 0 Å². The summed E-state index contributed by atoms with van der Waals surface area (Å²) in [5.41, 5.74) is 1.37. The summed E-state index contributed by atoms with van der Waals surface area (Å²) in [5.74, 6) is -0.127. The van der Waals surface area contributed by atoms with Crippen LogP contribution in [0.25, 0.3) is 5.69 Å². The van der Waals surface area contributed by atoms with Gasteiger partial charge in [0.05, 0.1) is 5.69 Å². The molecular formula is C14H18N4O2. The lowest BCUT2D eigenvalue weighted by Crippen LogP contribution is -2.32. The largest absolute Gasteiger partial charge is 0.396 e. The number of aliphatic hydroxyl groups excluding tert-OH is 1. The minimum Gasteiger partial charge on any atom is -0.396 e. The van der Waals surface area contributed by atoms with E-state index >= 15 is 0 Å². The van der Waals surface area contributed by atoms with Gasteiger partial charge in [-0.1, -0.05) is 6.07 Å². The van der Waals surface area contributed by atoms with E-state index in [0.29, 0.717) is 12.0 Å². The van der Waals surface area contributed by atoms with Crippen molar-refractivity contribution in [1.29, 1.82) is 0 Å². The molecule has 0 aliphatic heterocycles. The lowest BCUT2D eigenvalue weighted by Gasteiger charge is -2.13. The van der Waals surface area contributed by atoms with Gasteiger partial charge in [0.25, 0.3) is 5.91 Å². The van der Waals surface area contributed by atoms with Crippen LogP contribution in [0.4, 0.5) is 0 Å². The fourth-order valence-electron chi connectivity index (χ4n) is 1.91. The van der Waals surface area contributed by atoms with E-state index in [-0.39, 0.29) is 18.6 Å². The molecule has 0 aliphatic carbocycles. The molecule has 1 aromatic heterocycles. The van der Waals surface area contributed by atoms with Gasteiger partial charge in [0.1, 0.15) is 12.7 Å². The van der Waals surface area contributed by atoms with Crippen LogP contribution in [0.2, 0.25) is 0 Å². The molecule has 2 N–H and O–H groups in total. The van der Waals surface area contributed by atoms with Gasteiger partial charge < -0.3 is 10.4 Å². The summed E-state index contributed by atoms with van der Waals surface area (Å²) in [7, 11) is 0. The maximum Gasteiger partial charge on any atom is 0.251 e. The van der Waals surface area contributed by atoms with Crippen LogP contribution in [0.3, 0.4) is 0 Å². The van der Waals surface area contributed by atoms with Crippen molar-refractivity contribution in [2.45, 2.75) is 25.8 Å². The quantitative estimate of drug-likeness (QED) is 0.828. The van der Waals surface area contributed by atoms with E-state index < -0.39 is 0 Å². The number of aliphatic hydroxyl groups is 1. The number of amides is 1. The maximum atomic E-state index is 12.1. The van der Waals surface area contributed by atoms with Gasteiger partial charge in [-0.25, -0.2) is 9.67 Å². The molecule has 0 fully saturated rings. The van der Waals surface area contributed by atoms with Gasteiger partial charge in [-0.2, -0.15) is 5.10 Å². The molecule has 2 rings (SSSR count). The summed E-state index contributed by atoms with van der Waals surface area (Å²) in [4.78, 5) is 16.0. The third kappa shape index (κ3) is 3.64. The molecule has 106 valence electrons.